The van der Waals surface area contributed by atoms with Crippen LogP contribution in [-0.2, 0) is 4.79 Å². The number of aromatic nitrogens is 1. The first-order valence-corrected chi connectivity index (χ1v) is 10.7. The van der Waals surface area contributed by atoms with E-state index in [1.54, 1.807) is 6.20 Å². The molecule has 1 saturated heterocycles. The number of anilines is 2. The van der Waals surface area contributed by atoms with Crippen molar-refractivity contribution < 1.29 is 9.53 Å². The molecule has 0 unspecified atom stereocenters. The monoisotopic (exact) mass is 460 g/mol. The third kappa shape index (κ3) is 5.70. The Morgan fingerprint density at radius 3 is 2.62 bits per heavy atom. The molecule has 1 aliphatic heterocycles. The summed E-state index contributed by atoms with van der Waals surface area (Å²) in [6.07, 6.45) is 1.76. The molecule has 0 atom stereocenters. The largest absolute Gasteiger partial charge is 0.484 e. The van der Waals surface area contributed by atoms with Crippen molar-refractivity contribution in [1.82, 2.24) is 9.88 Å². The molecule has 2 heterocycles. The quantitative estimate of drug-likeness (QED) is 0.704. The fourth-order valence-corrected chi connectivity index (χ4v) is 3.85. The number of pyridine rings is 1. The van der Waals surface area contributed by atoms with Crippen LogP contribution in [0.5, 0.6) is 5.75 Å². The number of ether oxygens (including phenoxy) is 1. The molecule has 7 heteroatoms. The van der Waals surface area contributed by atoms with Crippen LogP contribution in [0.15, 0.2) is 34.9 Å². The summed E-state index contributed by atoms with van der Waals surface area (Å²) in [5.74, 6) is 1.76. The first kappa shape index (κ1) is 21.6. The average molecular weight is 461 g/mol. The van der Waals surface area contributed by atoms with E-state index in [4.69, 9.17) is 4.74 Å². The van der Waals surface area contributed by atoms with Crippen LogP contribution in [0.2, 0.25) is 0 Å². The molecule has 1 aromatic heterocycles. The lowest BCUT2D eigenvalue weighted by molar-refractivity contribution is -0.118. The topological polar surface area (TPSA) is 57.7 Å². The lowest BCUT2D eigenvalue weighted by atomic mass is 9.98. The molecular formula is C22H29BrN4O2. The number of nitrogens with zero attached hydrogens (tertiary/aromatic N) is 3. The molecule has 1 aliphatic rings. The van der Waals surface area contributed by atoms with Gasteiger partial charge >= 0.3 is 0 Å². The number of hydrogen-bond donors (Lipinski definition) is 1. The van der Waals surface area contributed by atoms with Crippen LogP contribution in [0.1, 0.15) is 30.9 Å². The first-order chi connectivity index (χ1) is 13.8. The van der Waals surface area contributed by atoms with E-state index in [2.05, 4.69) is 69.9 Å². The van der Waals surface area contributed by atoms with Gasteiger partial charge in [-0.2, -0.15) is 0 Å². The maximum Gasteiger partial charge on any atom is 0.262 e. The van der Waals surface area contributed by atoms with Crippen molar-refractivity contribution in [3.8, 4) is 5.75 Å². The Morgan fingerprint density at radius 2 is 1.97 bits per heavy atom. The van der Waals surface area contributed by atoms with Crippen molar-refractivity contribution in [1.29, 1.82) is 0 Å². The molecule has 0 spiro atoms. The van der Waals surface area contributed by atoms with E-state index in [0.29, 0.717) is 17.4 Å². The highest BCUT2D eigenvalue weighted by Crippen LogP contribution is 2.28. The number of nitrogens with one attached hydrogen (secondary N) is 1. The summed E-state index contributed by atoms with van der Waals surface area (Å²) in [5, 5.41) is 2.96. The molecule has 1 amide bonds. The molecule has 1 N–H and O–H groups in total. The second-order valence-corrected chi connectivity index (χ2v) is 8.74. The van der Waals surface area contributed by atoms with Gasteiger partial charge in [0.15, 0.2) is 12.4 Å². The molecule has 1 aromatic carbocycles. The Hall–Kier alpha value is -2.12. The number of halogens is 1. The van der Waals surface area contributed by atoms with Gasteiger partial charge in [0.25, 0.3) is 5.91 Å². The molecular weight excluding hydrogens is 432 g/mol. The molecule has 0 aliphatic carbocycles. The summed E-state index contributed by atoms with van der Waals surface area (Å²) in [6.45, 7) is 10.1. The molecule has 1 fully saturated rings. The normalized spacial score (nSPS) is 14.9. The Bertz CT molecular complexity index is 864. The number of hydrogen-bond acceptors (Lipinski definition) is 5. The highest BCUT2D eigenvalue weighted by molar-refractivity contribution is 9.10. The second-order valence-electron chi connectivity index (χ2n) is 7.82. The van der Waals surface area contributed by atoms with Crippen molar-refractivity contribution in [2.75, 3.05) is 50.1 Å². The third-order valence-corrected chi connectivity index (χ3v) is 5.58. The zero-order valence-electron chi connectivity index (χ0n) is 17.5. The first-order valence-electron chi connectivity index (χ1n) is 9.95. The molecule has 6 nitrogen and oxygen atoms in total. The highest BCUT2D eigenvalue weighted by atomic mass is 79.9. The maximum absolute atomic E-state index is 12.5. The number of carbonyl (C=O) groups is 1. The maximum atomic E-state index is 12.5. The van der Waals surface area contributed by atoms with Gasteiger partial charge in [-0.15, -0.1) is 0 Å². The predicted octanol–water partition coefficient (Wildman–Crippen LogP) is 4.05. The van der Waals surface area contributed by atoms with Crippen LogP contribution in [-0.4, -0.2) is 55.6 Å². The van der Waals surface area contributed by atoms with Crippen LogP contribution in [0.3, 0.4) is 0 Å². The zero-order valence-corrected chi connectivity index (χ0v) is 19.1. The second kappa shape index (κ2) is 9.59. The van der Waals surface area contributed by atoms with Crippen molar-refractivity contribution in [3.63, 3.8) is 0 Å². The zero-order chi connectivity index (χ0) is 21.0. The molecule has 156 valence electrons. The predicted molar refractivity (Wildman–Crippen MR) is 121 cm³/mol. The lowest BCUT2D eigenvalue weighted by Crippen LogP contribution is -2.45. The van der Waals surface area contributed by atoms with Crippen LogP contribution in [0.25, 0.3) is 0 Å². The van der Waals surface area contributed by atoms with Gasteiger partial charge in [-0.1, -0.05) is 19.9 Å². The SMILES string of the molecule is Cc1cc(OCC(=O)Nc2cc(Br)cnc2N2CCN(C)CC2)ccc1C(C)C. The van der Waals surface area contributed by atoms with Gasteiger partial charge in [-0.25, -0.2) is 4.98 Å². The highest BCUT2D eigenvalue weighted by Gasteiger charge is 2.20. The Labute approximate surface area is 181 Å². The third-order valence-electron chi connectivity index (χ3n) is 5.14. The van der Waals surface area contributed by atoms with Gasteiger partial charge in [0.1, 0.15) is 5.75 Å². The van der Waals surface area contributed by atoms with Gasteiger partial charge in [0.2, 0.25) is 0 Å². The van der Waals surface area contributed by atoms with E-state index in [1.165, 1.54) is 11.1 Å². The fraction of sp³-hybridized carbons (Fsp3) is 0.455. The lowest BCUT2D eigenvalue weighted by Gasteiger charge is -2.34. The Morgan fingerprint density at radius 1 is 1.24 bits per heavy atom. The summed E-state index contributed by atoms with van der Waals surface area (Å²) in [4.78, 5) is 21.6. The molecule has 0 saturated carbocycles. The Kier molecular flexibility index (Phi) is 7.14. The standard InChI is InChI=1S/C22H29BrN4O2/c1-15(2)19-6-5-18(11-16(19)3)29-14-21(28)25-20-12-17(23)13-24-22(20)27-9-7-26(4)8-10-27/h5-6,11-13,15H,7-10,14H2,1-4H3,(H,25,28). The summed E-state index contributed by atoms with van der Waals surface area (Å²) in [5.41, 5.74) is 3.16. The molecule has 0 radical (unpaired) electrons. The average Bonchev–Trinajstić information content (AvgIpc) is 2.67. The number of piperazine rings is 1. The van der Waals surface area contributed by atoms with Crippen molar-refractivity contribution in [2.45, 2.75) is 26.7 Å². The minimum atomic E-state index is -0.203. The van der Waals surface area contributed by atoms with Gasteiger partial charge in [-0.05, 0) is 65.1 Å². The molecule has 3 rings (SSSR count). The van der Waals surface area contributed by atoms with Crippen LogP contribution in [0.4, 0.5) is 11.5 Å². The summed E-state index contributed by atoms with van der Waals surface area (Å²) < 4.78 is 6.55. The van der Waals surface area contributed by atoms with E-state index in [9.17, 15) is 4.79 Å². The van der Waals surface area contributed by atoms with Crippen molar-refractivity contribution in [2.24, 2.45) is 0 Å². The van der Waals surface area contributed by atoms with E-state index < -0.39 is 0 Å². The minimum Gasteiger partial charge on any atom is -0.484 e. The summed E-state index contributed by atoms with van der Waals surface area (Å²) in [6, 6.07) is 7.86. The number of amides is 1. The van der Waals surface area contributed by atoms with E-state index in [0.717, 1.165) is 36.5 Å². The van der Waals surface area contributed by atoms with Gasteiger partial charge in [0.05, 0.1) is 5.69 Å². The number of aryl methyl sites for hydroxylation is 1. The molecule has 29 heavy (non-hydrogen) atoms. The van der Waals surface area contributed by atoms with Crippen molar-refractivity contribution in [3.05, 3.63) is 46.1 Å². The smallest absolute Gasteiger partial charge is 0.262 e. The van der Waals surface area contributed by atoms with E-state index >= 15 is 0 Å². The molecule has 0 bridgehead atoms. The van der Waals surface area contributed by atoms with Gasteiger partial charge in [-0.3, -0.25) is 4.79 Å². The number of likely N-dealkylation sites (N-methyl/N-ethyl adjacent to an activating group) is 1. The van der Waals surface area contributed by atoms with Crippen LogP contribution < -0.4 is 15.0 Å². The summed E-state index contributed by atoms with van der Waals surface area (Å²) >= 11 is 3.45. The number of carbonyl (C=O) groups excluding carboxylic acids is 1. The minimum absolute atomic E-state index is 0.0465. The van der Waals surface area contributed by atoms with E-state index in [-0.39, 0.29) is 12.5 Å². The fourth-order valence-electron chi connectivity index (χ4n) is 3.52. The van der Waals surface area contributed by atoms with Gasteiger partial charge in [0, 0.05) is 36.8 Å². The van der Waals surface area contributed by atoms with E-state index in [1.807, 2.05) is 18.2 Å². The number of benzene rings is 1. The molecule has 2 aromatic rings. The Balaban J connectivity index is 1.64. The van der Waals surface area contributed by atoms with Crippen LogP contribution in [0, 0.1) is 6.92 Å². The summed E-state index contributed by atoms with van der Waals surface area (Å²) in [7, 11) is 2.11. The number of rotatable bonds is 6. The van der Waals surface area contributed by atoms with Crippen LogP contribution >= 0.6 is 15.9 Å². The van der Waals surface area contributed by atoms with Crippen molar-refractivity contribution >= 4 is 33.3 Å². The van der Waals surface area contributed by atoms with Gasteiger partial charge < -0.3 is 19.9 Å².